The Morgan fingerprint density at radius 1 is 1.12 bits per heavy atom. The highest BCUT2D eigenvalue weighted by molar-refractivity contribution is 5.89. The summed E-state index contributed by atoms with van der Waals surface area (Å²) < 4.78 is 41.2. The number of hydrogen-bond donors (Lipinski definition) is 3. The van der Waals surface area contributed by atoms with Crippen LogP contribution in [-0.4, -0.2) is 52.8 Å². The number of likely N-dealkylation sites (tertiary alicyclic amines) is 1. The van der Waals surface area contributed by atoms with E-state index >= 15 is 0 Å². The normalized spacial score (nSPS) is 23.7. The summed E-state index contributed by atoms with van der Waals surface area (Å²) in [6.45, 7) is 2.85. The van der Waals surface area contributed by atoms with Crippen molar-refractivity contribution in [2.75, 3.05) is 0 Å². The topological polar surface area (TPSA) is 128 Å². The summed E-state index contributed by atoms with van der Waals surface area (Å²) in [5, 5.41) is 14.3. The SMILES string of the molecule is CC(N)C(=O)NC(C)C(=O)N[C@@H](CC(=O)N1C(C#N)CC2CC21)Cc1cc(F)c(F)cc1F. The van der Waals surface area contributed by atoms with Gasteiger partial charge < -0.3 is 21.3 Å². The van der Waals surface area contributed by atoms with Gasteiger partial charge in [-0.1, -0.05) is 0 Å². The molecule has 0 aromatic heterocycles. The van der Waals surface area contributed by atoms with Crippen LogP contribution in [0.2, 0.25) is 0 Å². The van der Waals surface area contributed by atoms with Crippen LogP contribution in [0.3, 0.4) is 0 Å². The molecule has 1 saturated heterocycles. The van der Waals surface area contributed by atoms with Crippen LogP contribution in [0.25, 0.3) is 0 Å². The number of rotatable bonds is 8. The molecule has 0 bridgehead atoms. The van der Waals surface area contributed by atoms with Crippen LogP contribution in [0, 0.1) is 34.7 Å². The maximum atomic E-state index is 14.2. The quantitative estimate of drug-likeness (QED) is 0.491. The number of fused-ring (bicyclic) bond motifs is 1. The van der Waals surface area contributed by atoms with E-state index in [2.05, 4.69) is 16.7 Å². The van der Waals surface area contributed by atoms with Crippen LogP contribution in [0.5, 0.6) is 0 Å². The zero-order valence-electron chi connectivity index (χ0n) is 18.3. The number of piperidine rings is 1. The largest absolute Gasteiger partial charge is 0.351 e. The predicted molar refractivity (Wildman–Crippen MR) is 111 cm³/mol. The molecule has 2 aliphatic rings. The Bertz CT molecular complexity index is 996. The molecule has 5 unspecified atom stereocenters. The summed E-state index contributed by atoms with van der Waals surface area (Å²) in [4.78, 5) is 38.9. The fraction of sp³-hybridized carbons (Fsp3) is 0.545. The van der Waals surface area contributed by atoms with E-state index in [0.717, 1.165) is 6.42 Å². The van der Waals surface area contributed by atoms with E-state index in [1.165, 1.54) is 18.7 Å². The van der Waals surface area contributed by atoms with E-state index in [-0.39, 0.29) is 30.4 Å². The first-order chi connectivity index (χ1) is 15.5. The second-order valence-corrected chi connectivity index (χ2v) is 8.74. The minimum absolute atomic E-state index is 0.0252. The van der Waals surface area contributed by atoms with Crippen molar-refractivity contribution in [3.05, 3.63) is 35.1 Å². The third-order valence-corrected chi connectivity index (χ3v) is 6.03. The number of nitrogens with two attached hydrogens (primary N) is 1. The zero-order chi connectivity index (χ0) is 24.4. The molecule has 6 atom stereocenters. The monoisotopic (exact) mass is 465 g/mol. The number of carbonyl (C=O) groups excluding carboxylic acids is 3. The van der Waals surface area contributed by atoms with E-state index in [9.17, 15) is 32.8 Å². The molecule has 1 aliphatic heterocycles. The first-order valence-corrected chi connectivity index (χ1v) is 10.7. The molecule has 3 amide bonds. The molecule has 178 valence electrons. The molecule has 1 aromatic carbocycles. The molecular formula is C22H26F3N5O3. The van der Waals surface area contributed by atoms with Crippen LogP contribution in [-0.2, 0) is 20.8 Å². The van der Waals surface area contributed by atoms with Crippen molar-refractivity contribution in [2.45, 2.75) is 69.7 Å². The summed E-state index contributed by atoms with van der Waals surface area (Å²) in [5.41, 5.74) is 5.26. The molecule has 11 heteroatoms. The second kappa shape index (κ2) is 9.79. The lowest BCUT2D eigenvalue weighted by atomic mass is 10.0. The summed E-state index contributed by atoms with van der Waals surface area (Å²) in [6.07, 6.45) is 0.814. The average molecular weight is 465 g/mol. The number of nitrogens with zero attached hydrogens (tertiary/aromatic N) is 2. The van der Waals surface area contributed by atoms with Gasteiger partial charge in [-0.15, -0.1) is 0 Å². The summed E-state index contributed by atoms with van der Waals surface area (Å²) in [6, 6.07) is -0.262. The summed E-state index contributed by atoms with van der Waals surface area (Å²) in [7, 11) is 0. The van der Waals surface area contributed by atoms with Crippen molar-refractivity contribution >= 4 is 17.7 Å². The van der Waals surface area contributed by atoms with Crippen molar-refractivity contribution in [3.8, 4) is 6.07 Å². The Hall–Kier alpha value is -3.13. The number of hydrogen-bond acceptors (Lipinski definition) is 5. The van der Waals surface area contributed by atoms with Crippen molar-refractivity contribution in [3.63, 3.8) is 0 Å². The number of benzene rings is 1. The van der Waals surface area contributed by atoms with Crippen molar-refractivity contribution in [1.82, 2.24) is 15.5 Å². The molecule has 0 spiro atoms. The predicted octanol–water partition coefficient (Wildman–Crippen LogP) is 0.886. The van der Waals surface area contributed by atoms with Gasteiger partial charge in [0.2, 0.25) is 17.7 Å². The molecule has 33 heavy (non-hydrogen) atoms. The number of nitriles is 1. The maximum absolute atomic E-state index is 14.2. The minimum Gasteiger partial charge on any atom is -0.351 e. The third kappa shape index (κ3) is 5.63. The van der Waals surface area contributed by atoms with Crippen LogP contribution in [0.15, 0.2) is 12.1 Å². The molecule has 1 aliphatic carbocycles. The Balaban J connectivity index is 1.76. The highest BCUT2D eigenvalue weighted by atomic mass is 19.2. The van der Waals surface area contributed by atoms with Gasteiger partial charge >= 0.3 is 0 Å². The number of amides is 3. The molecule has 1 saturated carbocycles. The maximum Gasteiger partial charge on any atom is 0.242 e. The summed E-state index contributed by atoms with van der Waals surface area (Å²) in [5.74, 6) is -4.97. The average Bonchev–Trinajstić information content (AvgIpc) is 3.40. The van der Waals surface area contributed by atoms with Crippen molar-refractivity contribution < 1.29 is 27.6 Å². The number of carbonyl (C=O) groups is 3. The van der Waals surface area contributed by atoms with Gasteiger partial charge in [0.1, 0.15) is 17.9 Å². The van der Waals surface area contributed by atoms with Gasteiger partial charge in [-0.05, 0) is 50.7 Å². The molecular weight excluding hydrogens is 439 g/mol. The molecule has 0 radical (unpaired) electrons. The highest BCUT2D eigenvalue weighted by Gasteiger charge is 2.54. The van der Waals surface area contributed by atoms with Gasteiger partial charge in [0.25, 0.3) is 0 Å². The lowest BCUT2D eigenvalue weighted by molar-refractivity contribution is -0.133. The number of nitrogens with one attached hydrogen (secondary N) is 2. The second-order valence-electron chi connectivity index (χ2n) is 8.74. The van der Waals surface area contributed by atoms with Crippen molar-refractivity contribution in [1.29, 1.82) is 5.26 Å². The van der Waals surface area contributed by atoms with Gasteiger partial charge in [-0.25, -0.2) is 13.2 Å². The minimum atomic E-state index is -1.35. The standard InChI is InChI=1S/C22H26F3N5O3/c1-10(27)21(32)28-11(2)22(33)29-14(3-12-5-17(24)18(25)8-16(12)23)7-20(31)30-15(9-26)4-13-6-19(13)30/h5,8,10-11,13-15,19H,3-4,6-7,27H2,1-2H3,(H,28,32)(H,29,33)/t10?,11?,13?,14-,15?,19?/m1/s1. The highest BCUT2D eigenvalue weighted by Crippen LogP contribution is 2.47. The van der Waals surface area contributed by atoms with Gasteiger partial charge in [0, 0.05) is 24.6 Å². The molecule has 4 N–H and O–H groups in total. The fourth-order valence-corrected chi connectivity index (χ4v) is 4.14. The Morgan fingerprint density at radius 2 is 1.79 bits per heavy atom. The lowest BCUT2D eigenvalue weighted by Crippen LogP contribution is -2.52. The smallest absolute Gasteiger partial charge is 0.242 e. The molecule has 1 aromatic rings. The van der Waals surface area contributed by atoms with Gasteiger partial charge in [0.05, 0.1) is 12.1 Å². The zero-order valence-corrected chi connectivity index (χ0v) is 18.3. The molecule has 3 rings (SSSR count). The first kappa shape index (κ1) is 24.5. The fourth-order valence-electron chi connectivity index (χ4n) is 4.14. The van der Waals surface area contributed by atoms with E-state index in [4.69, 9.17) is 5.73 Å². The van der Waals surface area contributed by atoms with Crippen LogP contribution >= 0.6 is 0 Å². The van der Waals surface area contributed by atoms with E-state index in [1.54, 1.807) is 0 Å². The van der Waals surface area contributed by atoms with Gasteiger partial charge in [-0.2, -0.15) is 5.26 Å². The van der Waals surface area contributed by atoms with Gasteiger partial charge in [0.15, 0.2) is 11.6 Å². The summed E-state index contributed by atoms with van der Waals surface area (Å²) >= 11 is 0. The Kier molecular flexibility index (Phi) is 7.27. The molecule has 8 nitrogen and oxygen atoms in total. The van der Waals surface area contributed by atoms with Crippen LogP contribution < -0.4 is 16.4 Å². The number of halogens is 3. The first-order valence-electron chi connectivity index (χ1n) is 10.7. The van der Waals surface area contributed by atoms with Crippen molar-refractivity contribution in [2.24, 2.45) is 11.7 Å². The third-order valence-electron chi connectivity index (χ3n) is 6.03. The van der Waals surface area contributed by atoms with Gasteiger partial charge in [-0.3, -0.25) is 14.4 Å². The Labute approximate surface area is 189 Å². The van der Waals surface area contributed by atoms with E-state index in [0.29, 0.717) is 18.6 Å². The molecule has 2 fully saturated rings. The van der Waals surface area contributed by atoms with Crippen LogP contribution in [0.4, 0.5) is 13.2 Å². The lowest BCUT2D eigenvalue weighted by Gasteiger charge is -2.27. The van der Waals surface area contributed by atoms with E-state index < -0.39 is 59.3 Å². The van der Waals surface area contributed by atoms with E-state index in [1.807, 2.05) is 0 Å². The molecule has 1 heterocycles. The Morgan fingerprint density at radius 3 is 2.42 bits per heavy atom. The van der Waals surface area contributed by atoms with Crippen LogP contribution in [0.1, 0.15) is 38.7 Å².